The van der Waals surface area contributed by atoms with Crippen molar-refractivity contribution in [3.05, 3.63) is 34.3 Å². The van der Waals surface area contributed by atoms with E-state index in [4.69, 9.17) is 10.00 Å². The van der Waals surface area contributed by atoms with E-state index in [9.17, 15) is 5.11 Å². The van der Waals surface area contributed by atoms with Crippen molar-refractivity contribution in [2.75, 3.05) is 33.4 Å². The van der Waals surface area contributed by atoms with E-state index in [-0.39, 0.29) is 0 Å². The monoisotopic (exact) mass is 326 g/mol. The molecule has 0 bridgehead atoms. The summed E-state index contributed by atoms with van der Waals surface area (Å²) in [5.41, 5.74) is 0.877. The molecule has 4 nitrogen and oxygen atoms in total. The summed E-state index contributed by atoms with van der Waals surface area (Å²) in [4.78, 5) is 2.04. The Morgan fingerprint density at radius 2 is 2.05 bits per heavy atom. The number of halogens is 1. The van der Waals surface area contributed by atoms with Gasteiger partial charge < -0.3 is 9.84 Å². The van der Waals surface area contributed by atoms with Crippen LogP contribution < -0.4 is 0 Å². The molecule has 1 aromatic rings. The number of aliphatic hydroxyl groups is 1. The highest BCUT2D eigenvalue weighted by Crippen LogP contribution is 2.17. The maximum atomic E-state index is 10.2. The Hall–Kier alpha value is -0.930. The van der Waals surface area contributed by atoms with Gasteiger partial charge in [0.05, 0.1) is 18.8 Å². The van der Waals surface area contributed by atoms with Gasteiger partial charge in [-0.05, 0) is 17.7 Å². The van der Waals surface area contributed by atoms with Crippen LogP contribution in [0.1, 0.15) is 18.1 Å². The molecule has 0 saturated carbocycles. The second-order valence-electron chi connectivity index (χ2n) is 4.27. The molecule has 0 aromatic heterocycles. The number of nitrogens with zero attached hydrogens (tertiary/aromatic N) is 2. The smallest absolute Gasteiger partial charge is 0.0916 e. The Bertz CT molecular complexity index is 403. The standard InChI is InChI=1S/C14H19BrN2O2/c1-19-10-9-17(8-2-7-16)11-14(18)12-3-5-13(15)6-4-12/h3-6,14,18H,2,8-11H2,1H3. The van der Waals surface area contributed by atoms with Crippen LogP contribution in [0.25, 0.3) is 0 Å². The number of aliphatic hydroxyl groups excluding tert-OH is 1. The molecular formula is C14H19BrN2O2. The predicted octanol–water partition coefficient (Wildman–Crippen LogP) is 2.34. The molecule has 0 spiro atoms. The second-order valence-corrected chi connectivity index (χ2v) is 5.18. The largest absolute Gasteiger partial charge is 0.387 e. The van der Waals surface area contributed by atoms with Crippen LogP contribution in [0.5, 0.6) is 0 Å². The summed E-state index contributed by atoms with van der Waals surface area (Å²) in [6.45, 7) is 2.46. The first-order chi connectivity index (χ1) is 9.17. The lowest BCUT2D eigenvalue weighted by molar-refractivity contribution is 0.0902. The van der Waals surface area contributed by atoms with E-state index in [1.807, 2.05) is 29.2 Å². The lowest BCUT2D eigenvalue weighted by Gasteiger charge is -2.24. The van der Waals surface area contributed by atoms with Crippen molar-refractivity contribution in [1.29, 1.82) is 5.26 Å². The van der Waals surface area contributed by atoms with Gasteiger partial charge in [-0.25, -0.2) is 0 Å². The number of rotatable bonds is 8. The zero-order valence-corrected chi connectivity index (χ0v) is 12.6. The van der Waals surface area contributed by atoms with Crippen LogP contribution in [-0.2, 0) is 4.74 Å². The molecule has 1 atom stereocenters. The number of benzene rings is 1. The van der Waals surface area contributed by atoms with Crippen LogP contribution in [0.4, 0.5) is 0 Å². The fraction of sp³-hybridized carbons (Fsp3) is 0.500. The molecule has 1 unspecified atom stereocenters. The van der Waals surface area contributed by atoms with Crippen LogP contribution in [-0.4, -0.2) is 43.4 Å². The van der Waals surface area contributed by atoms with Gasteiger partial charge >= 0.3 is 0 Å². The first-order valence-corrected chi connectivity index (χ1v) is 6.98. The zero-order chi connectivity index (χ0) is 14.1. The van der Waals surface area contributed by atoms with Crippen molar-refractivity contribution < 1.29 is 9.84 Å². The maximum Gasteiger partial charge on any atom is 0.0916 e. The van der Waals surface area contributed by atoms with Crippen LogP contribution in [0.3, 0.4) is 0 Å². The fourth-order valence-electron chi connectivity index (χ4n) is 1.76. The third-order valence-corrected chi connectivity index (χ3v) is 3.37. The summed E-state index contributed by atoms with van der Waals surface area (Å²) >= 11 is 3.37. The van der Waals surface area contributed by atoms with Gasteiger partial charge in [-0.2, -0.15) is 5.26 Å². The van der Waals surface area contributed by atoms with Crippen LogP contribution in [0, 0.1) is 11.3 Å². The summed E-state index contributed by atoms with van der Waals surface area (Å²) in [6.07, 6.45) is -0.0970. The molecule has 0 saturated heterocycles. The number of nitriles is 1. The second kappa shape index (κ2) is 9.05. The Morgan fingerprint density at radius 3 is 2.63 bits per heavy atom. The lowest BCUT2D eigenvalue weighted by Crippen LogP contribution is -2.32. The van der Waals surface area contributed by atoms with Gasteiger partial charge in [0, 0.05) is 37.6 Å². The Balaban J connectivity index is 2.56. The molecule has 104 valence electrons. The SMILES string of the molecule is COCCN(CCC#N)CC(O)c1ccc(Br)cc1. The Labute approximate surface area is 122 Å². The van der Waals surface area contributed by atoms with E-state index < -0.39 is 6.10 Å². The van der Waals surface area contributed by atoms with Gasteiger partial charge in [0.15, 0.2) is 0 Å². The quantitative estimate of drug-likeness (QED) is 0.796. The molecule has 0 aliphatic carbocycles. The van der Waals surface area contributed by atoms with Crippen molar-refractivity contribution in [3.63, 3.8) is 0 Å². The Kier molecular flexibility index (Phi) is 7.68. The van der Waals surface area contributed by atoms with E-state index >= 15 is 0 Å². The average molecular weight is 327 g/mol. The fourth-order valence-corrected chi connectivity index (χ4v) is 2.02. The molecule has 0 aliphatic rings. The third kappa shape index (κ3) is 6.17. The lowest BCUT2D eigenvalue weighted by atomic mass is 10.1. The summed E-state index contributed by atoms with van der Waals surface area (Å²) in [7, 11) is 1.65. The molecule has 5 heteroatoms. The van der Waals surface area contributed by atoms with Gasteiger partial charge in [0.25, 0.3) is 0 Å². The molecule has 1 N–H and O–H groups in total. The van der Waals surface area contributed by atoms with Crippen molar-refractivity contribution in [2.24, 2.45) is 0 Å². The number of ether oxygens (including phenoxy) is 1. The normalized spacial score (nSPS) is 12.4. The highest BCUT2D eigenvalue weighted by molar-refractivity contribution is 9.10. The number of hydrogen-bond acceptors (Lipinski definition) is 4. The molecule has 0 fully saturated rings. The van der Waals surface area contributed by atoms with Gasteiger partial charge in [-0.15, -0.1) is 0 Å². The Morgan fingerprint density at radius 1 is 1.37 bits per heavy atom. The molecular weight excluding hydrogens is 308 g/mol. The summed E-state index contributed by atoms with van der Waals surface area (Å²) in [6, 6.07) is 9.74. The zero-order valence-electron chi connectivity index (χ0n) is 11.1. The first kappa shape index (κ1) is 16.1. The minimum atomic E-state index is -0.552. The third-order valence-electron chi connectivity index (χ3n) is 2.84. The van der Waals surface area contributed by atoms with E-state index in [0.717, 1.165) is 10.0 Å². The highest BCUT2D eigenvalue weighted by Gasteiger charge is 2.13. The topological polar surface area (TPSA) is 56.5 Å². The minimum absolute atomic E-state index is 0.455. The van der Waals surface area contributed by atoms with Crippen molar-refractivity contribution in [2.45, 2.75) is 12.5 Å². The molecule has 19 heavy (non-hydrogen) atoms. The molecule has 1 rings (SSSR count). The average Bonchev–Trinajstić information content (AvgIpc) is 2.42. The van der Waals surface area contributed by atoms with E-state index in [1.165, 1.54) is 0 Å². The molecule has 1 aromatic carbocycles. The number of hydrogen-bond donors (Lipinski definition) is 1. The van der Waals surface area contributed by atoms with Gasteiger partial charge in [-0.3, -0.25) is 4.90 Å². The predicted molar refractivity (Wildman–Crippen MR) is 77.6 cm³/mol. The minimum Gasteiger partial charge on any atom is -0.387 e. The van der Waals surface area contributed by atoms with E-state index in [1.54, 1.807) is 7.11 Å². The molecule has 0 heterocycles. The summed E-state index contributed by atoms with van der Waals surface area (Å²) < 4.78 is 6.03. The summed E-state index contributed by atoms with van der Waals surface area (Å²) in [5, 5.41) is 18.8. The van der Waals surface area contributed by atoms with E-state index in [2.05, 4.69) is 22.0 Å². The maximum absolute atomic E-state index is 10.2. The van der Waals surface area contributed by atoms with Crippen LogP contribution in [0.15, 0.2) is 28.7 Å². The van der Waals surface area contributed by atoms with Gasteiger partial charge in [-0.1, -0.05) is 28.1 Å². The molecule has 0 radical (unpaired) electrons. The molecule has 0 amide bonds. The van der Waals surface area contributed by atoms with Crippen molar-refractivity contribution in [3.8, 4) is 6.07 Å². The molecule has 0 aliphatic heterocycles. The van der Waals surface area contributed by atoms with Gasteiger partial charge in [0.1, 0.15) is 0 Å². The van der Waals surface area contributed by atoms with E-state index in [0.29, 0.717) is 32.7 Å². The van der Waals surface area contributed by atoms with Gasteiger partial charge in [0.2, 0.25) is 0 Å². The highest BCUT2D eigenvalue weighted by atomic mass is 79.9. The number of methoxy groups -OCH3 is 1. The first-order valence-electron chi connectivity index (χ1n) is 6.19. The van der Waals surface area contributed by atoms with Crippen molar-refractivity contribution in [1.82, 2.24) is 4.90 Å². The van der Waals surface area contributed by atoms with Crippen molar-refractivity contribution >= 4 is 15.9 Å². The van der Waals surface area contributed by atoms with Crippen LogP contribution >= 0.6 is 15.9 Å². The van der Waals surface area contributed by atoms with Crippen LogP contribution in [0.2, 0.25) is 0 Å². The summed E-state index contributed by atoms with van der Waals surface area (Å²) in [5.74, 6) is 0.